The maximum absolute atomic E-state index is 11.3. The van der Waals surface area contributed by atoms with Crippen LogP contribution in [0, 0.1) is 0 Å². The van der Waals surface area contributed by atoms with Gasteiger partial charge in [-0.3, -0.25) is 4.79 Å². The Morgan fingerprint density at radius 3 is 2.81 bits per heavy atom. The molecule has 1 atom stereocenters. The van der Waals surface area contributed by atoms with Crippen molar-refractivity contribution in [2.45, 2.75) is 17.4 Å². The first-order valence-electron chi connectivity index (χ1n) is 9.03. The van der Waals surface area contributed by atoms with E-state index in [-0.39, 0.29) is 12.2 Å². The van der Waals surface area contributed by atoms with E-state index in [1.165, 1.54) is 11.0 Å². The number of H-pyrrole nitrogens is 1. The zero-order valence-corrected chi connectivity index (χ0v) is 15.9. The van der Waals surface area contributed by atoms with Crippen molar-refractivity contribution in [2.24, 2.45) is 0 Å². The molecule has 27 heavy (non-hydrogen) atoms. The molecule has 1 unspecified atom stereocenters. The Hall–Kier alpha value is -2.28. The topological polar surface area (TPSA) is 74.3 Å². The third kappa shape index (κ3) is 6.43. The lowest BCUT2D eigenvalue weighted by Gasteiger charge is -2.13. The van der Waals surface area contributed by atoms with E-state index in [1.807, 2.05) is 36.0 Å². The zero-order valence-electron chi connectivity index (χ0n) is 15.1. The third-order valence-electron chi connectivity index (χ3n) is 4.03. The Balaban J connectivity index is 1.32. The van der Waals surface area contributed by atoms with Crippen molar-refractivity contribution in [2.75, 3.05) is 25.4 Å². The molecule has 3 N–H and O–H groups in total. The average molecular weight is 385 g/mol. The van der Waals surface area contributed by atoms with Crippen LogP contribution in [0.15, 0.2) is 70.4 Å². The Labute approximate surface area is 162 Å². The number of aliphatic hydroxyl groups is 1. The highest BCUT2D eigenvalue weighted by Crippen LogP contribution is 2.18. The Bertz CT molecular complexity index is 899. The molecule has 0 aliphatic carbocycles. The van der Waals surface area contributed by atoms with Crippen LogP contribution in [0.3, 0.4) is 0 Å². The number of rotatable bonds is 10. The first kappa shape index (κ1) is 19.5. The van der Waals surface area contributed by atoms with Crippen LogP contribution in [0.25, 0.3) is 10.9 Å². The van der Waals surface area contributed by atoms with Crippen LogP contribution in [-0.4, -0.2) is 41.6 Å². The molecule has 0 bridgehead atoms. The number of hydrogen-bond donors (Lipinski definition) is 3. The molecule has 3 rings (SSSR count). The summed E-state index contributed by atoms with van der Waals surface area (Å²) < 4.78 is 5.66. The lowest BCUT2D eigenvalue weighted by Crippen LogP contribution is -2.32. The molecular weight excluding hydrogens is 360 g/mol. The van der Waals surface area contributed by atoms with E-state index in [9.17, 15) is 9.90 Å². The van der Waals surface area contributed by atoms with Crippen LogP contribution in [0.5, 0.6) is 5.75 Å². The van der Waals surface area contributed by atoms with Gasteiger partial charge >= 0.3 is 0 Å². The molecule has 3 aromatic rings. The summed E-state index contributed by atoms with van der Waals surface area (Å²) in [5.41, 5.74) is 0.644. The summed E-state index contributed by atoms with van der Waals surface area (Å²) in [5, 5.41) is 14.2. The molecule has 0 aliphatic rings. The van der Waals surface area contributed by atoms with Gasteiger partial charge in [0.15, 0.2) is 0 Å². The maximum Gasteiger partial charge on any atom is 0.248 e. The zero-order chi connectivity index (χ0) is 18.9. The molecule has 1 heterocycles. The van der Waals surface area contributed by atoms with Gasteiger partial charge in [0.2, 0.25) is 5.56 Å². The number of thioether (sulfide) groups is 1. The molecule has 0 amide bonds. The number of aromatic nitrogens is 1. The fourth-order valence-corrected chi connectivity index (χ4v) is 3.52. The molecule has 1 aromatic heterocycles. The van der Waals surface area contributed by atoms with Crippen molar-refractivity contribution < 1.29 is 9.84 Å². The first-order valence-corrected chi connectivity index (χ1v) is 10.0. The third-order valence-corrected chi connectivity index (χ3v) is 5.13. The van der Waals surface area contributed by atoms with Gasteiger partial charge in [0.05, 0.1) is 0 Å². The Morgan fingerprint density at radius 1 is 1.11 bits per heavy atom. The van der Waals surface area contributed by atoms with E-state index in [4.69, 9.17) is 4.74 Å². The number of pyridine rings is 1. The summed E-state index contributed by atoms with van der Waals surface area (Å²) in [6, 6.07) is 19.0. The number of ether oxygens (including phenoxy) is 1. The van der Waals surface area contributed by atoms with Crippen molar-refractivity contribution in [3.8, 4) is 5.75 Å². The molecule has 0 aliphatic heterocycles. The van der Waals surface area contributed by atoms with Gasteiger partial charge in [-0.25, -0.2) is 0 Å². The minimum atomic E-state index is -0.571. The van der Waals surface area contributed by atoms with Crippen LogP contribution in [0.2, 0.25) is 0 Å². The van der Waals surface area contributed by atoms with Crippen LogP contribution in [-0.2, 0) is 0 Å². The fraction of sp³-hybridized carbons (Fsp3) is 0.286. The van der Waals surface area contributed by atoms with Crippen molar-refractivity contribution in [1.29, 1.82) is 0 Å². The molecule has 5 nitrogen and oxygen atoms in total. The number of aliphatic hydroxyl groups excluding tert-OH is 1. The van der Waals surface area contributed by atoms with E-state index in [1.54, 1.807) is 18.2 Å². The second-order valence-electron chi connectivity index (χ2n) is 6.26. The highest BCUT2D eigenvalue weighted by atomic mass is 32.2. The molecular formula is C21H24N2O3S. The highest BCUT2D eigenvalue weighted by Gasteiger charge is 2.06. The summed E-state index contributed by atoms with van der Waals surface area (Å²) in [5.74, 6) is 1.72. The molecule has 0 radical (unpaired) electrons. The predicted molar refractivity (Wildman–Crippen MR) is 111 cm³/mol. The fourth-order valence-electron chi connectivity index (χ4n) is 2.65. The maximum atomic E-state index is 11.3. The molecule has 142 valence electrons. The monoisotopic (exact) mass is 384 g/mol. The number of fused-ring (bicyclic) bond motifs is 1. The molecule has 6 heteroatoms. The minimum Gasteiger partial charge on any atom is -0.491 e. The van der Waals surface area contributed by atoms with Gasteiger partial charge in [-0.2, -0.15) is 0 Å². The summed E-state index contributed by atoms with van der Waals surface area (Å²) in [7, 11) is 0. The first-order chi connectivity index (χ1) is 13.2. The van der Waals surface area contributed by atoms with Crippen molar-refractivity contribution >= 4 is 22.7 Å². The van der Waals surface area contributed by atoms with Crippen molar-refractivity contribution in [3.05, 3.63) is 71.0 Å². The van der Waals surface area contributed by atoms with Gasteiger partial charge < -0.3 is 20.1 Å². The van der Waals surface area contributed by atoms with Gasteiger partial charge in [0.1, 0.15) is 18.5 Å². The largest absolute Gasteiger partial charge is 0.491 e. The van der Waals surface area contributed by atoms with E-state index in [2.05, 4.69) is 22.4 Å². The van der Waals surface area contributed by atoms with E-state index < -0.39 is 6.10 Å². The van der Waals surface area contributed by atoms with Gasteiger partial charge in [-0.1, -0.05) is 18.2 Å². The van der Waals surface area contributed by atoms with E-state index in [0.29, 0.717) is 12.3 Å². The molecule has 0 saturated heterocycles. The SMILES string of the molecule is O=c1ccc2cc(OCC(O)CNCCCSc3ccccc3)ccc2[nH]1. The highest BCUT2D eigenvalue weighted by molar-refractivity contribution is 7.99. The summed E-state index contributed by atoms with van der Waals surface area (Å²) in [6.07, 6.45) is 0.466. The smallest absolute Gasteiger partial charge is 0.248 e. The van der Waals surface area contributed by atoms with Crippen LogP contribution in [0.1, 0.15) is 6.42 Å². The molecule has 0 fully saturated rings. The minimum absolute atomic E-state index is 0.125. The van der Waals surface area contributed by atoms with Crippen LogP contribution < -0.4 is 15.6 Å². The summed E-state index contributed by atoms with van der Waals surface area (Å²) in [4.78, 5) is 15.3. The Morgan fingerprint density at radius 2 is 1.96 bits per heavy atom. The number of hydrogen-bond acceptors (Lipinski definition) is 5. The van der Waals surface area contributed by atoms with Crippen molar-refractivity contribution in [1.82, 2.24) is 10.3 Å². The average Bonchev–Trinajstić information content (AvgIpc) is 2.69. The molecule has 0 spiro atoms. The normalized spacial score (nSPS) is 12.2. The second-order valence-corrected chi connectivity index (χ2v) is 7.42. The second kappa shape index (κ2) is 10.2. The van der Waals surface area contributed by atoms with Crippen LogP contribution in [0.4, 0.5) is 0 Å². The lowest BCUT2D eigenvalue weighted by molar-refractivity contribution is 0.106. The summed E-state index contributed by atoms with van der Waals surface area (Å²) >= 11 is 1.84. The van der Waals surface area contributed by atoms with Crippen LogP contribution >= 0.6 is 11.8 Å². The van der Waals surface area contributed by atoms with E-state index >= 15 is 0 Å². The van der Waals surface area contributed by atoms with Gasteiger partial charge in [0, 0.05) is 28.4 Å². The van der Waals surface area contributed by atoms with Gasteiger partial charge in [-0.15, -0.1) is 11.8 Å². The van der Waals surface area contributed by atoms with Gasteiger partial charge in [0.25, 0.3) is 0 Å². The Kier molecular flexibility index (Phi) is 7.33. The van der Waals surface area contributed by atoms with Crippen molar-refractivity contribution in [3.63, 3.8) is 0 Å². The molecule has 2 aromatic carbocycles. The lowest BCUT2D eigenvalue weighted by atomic mass is 10.2. The predicted octanol–water partition coefficient (Wildman–Crippen LogP) is 3.04. The summed E-state index contributed by atoms with van der Waals surface area (Å²) in [6.45, 7) is 1.58. The molecule has 0 saturated carbocycles. The number of nitrogens with one attached hydrogen (secondary N) is 2. The van der Waals surface area contributed by atoms with Gasteiger partial charge in [-0.05, 0) is 55.1 Å². The number of benzene rings is 2. The number of aromatic amines is 1. The quantitative estimate of drug-likeness (QED) is 0.370. The standard InChI is InChI=1S/C21H24N2O3S/c24-17(14-22-11-4-12-27-19-5-2-1-3-6-19)15-26-18-8-9-20-16(13-18)7-10-21(25)23-20/h1-3,5-10,13,17,22,24H,4,11-12,14-15H2,(H,23,25). The van der Waals surface area contributed by atoms with E-state index in [0.717, 1.165) is 29.6 Å².